The Balaban J connectivity index is 2.85. The van der Waals surface area contributed by atoms with Crippen LogP contribution in [0.5, 0.6) is 0 Å². The molecule has 1 rings (SSSR count). The number of amides is 2. The lowest BCUT2D eigenvalue weighted by Gasteiger charge is -2.40. The van der Waals surface area contributed by atoms with Gasteiger partial charge in [-0.05, 0) is 20.8 Å². The van der Waals surface area contributed by atoms with Gasteiger partial charge in [-0.3, -0.25) is 9.59 Å². The molecule has 0 aliphatic carbocycles. The molecule has 82 valence electrons. The van der Waals surface area contributed by atoms with Gasteiger partial charge < -0.3 is 10.2 Å². The Hall–Kier alpha value is -1.50. The molecule has 1 aliphatic rings. The summed E-state index contributed by atoms with van der Waals surface area (Å²) in [7, 11) is 0. The number of nitrogens with one attached hydrogen (secondary N) is 1. The molecule has 4 heteroatoms. The Labute approximate surface area is 90.0 Å². The van der Waals surface area contributed by atoms with Crippen LogP contribution in [0.25, 0.3) is 0 Å². The maximum atomic E-state index is 12.0. The molecule has 0 saturated carbocycles. The summed E-state index contributed by atoms with van der Waals surface area (Å²) >= 11 is 0. The van der Waals surface area contributed by atoms with Crippen molar-refractivity contribution in [3.05, 3.63) is 0 Å². The van der Waals surface area contributed by atoms with E-state index < -0.39 is 5.54 Å². The van der Waals surface area contributed by atoms with Crippen molar-refractivity contribution in [3.63, 3.8) is 0 Å². The molecule has 1 N–H and O–H groups in total. The third-order valence-corrected chi connectivity index (χ3v) is 2.51. The number of carbonyl (C=O) groups is 2. The first kappa shape index (κ1) is 11.6. The molecule has 0 aromatic carbocycles. The van der Waals surface area contributed by atoms with Gasteiger partial charge >= 0.3 is 0 Å². The van der Waals surface area contributed by atoms with Gasteiger partial charge in [-0.1, -0.05) is 0 Å². The van der Waals surface area contributed by atoms with E-state index in [2.05, 4.69) is 11.2 Å². The lowest BCUT2D eigenvalue weighted by atomic mass is 9.98. The first-order valence-corrected chi connectivity index (χ1v) is 4.94. The lowest BCUT2D eigenvalue weighted by Crippen LogP contribution is -2.65. The minimum atomic E-state index is -0.821. The van der Waals surface area contributed by atoms with E-state index in [1.165, 1.54) is 0 Å². The van der Waals surface area contributed by atoms with Crippen molar-refractivity contribution in [1.29, 1.82) is 0 Å². The van der Waals surface area contributed by atoms with E-state index in [9.17, 15) is 9.59 Å². The highest BCUT2D eigenvalue weighted by Crippen LogP contribution is 2.16. The van der Waals surface area contributed by atoms with Crippen LogP contribution in [0.15, 0.2) is 0 Å². The highest BCUT2D eigenvalue weighted by molar-refractivity contribution is 5.97. The van der Waals surface area contributed by atoms with Gasteiger partial charge in [-0.25, -0.2) is 0 Å². The highest BCUT2D eigenvalue weighted by atomic mass is 16.2. The summed E-state index contributed by atoms with van der Waals surface area (Å²) in [5, 5.41) is 2.65. The fourth-order valence-corrected chi connectivity index (χ4v) is 1.66. The van der Waals surface area contributed by atoms with Gasteiger partial charge in [0, 0.05) is 12.5 Å². The molecule has 1 fully saturated rings. The minimum Gasteiger partial charge on any atom is -0.341 e. The molecule has 15 heavy (non-hydrogen) atoms. The zero-order valence-corrected chi connectivity index (χ0v) is 9.33. The van der Waals surface area contributed by atoms with E-state index in [1.807, 2.05) is 6.92 Å². The average Bonchev–Trinajstić information content (AvgIpc) is 2.10. The molecule has 4 nitrogen and oxygen atoms in total. The Morgan fingerprint density at radius 1 is 1.60 bits per heavy atom. The second kappa shape index (κ2) is 3.93. The number of rotatable bonds is 2. The molecule has 0 aromatic rings. The largest absolute Gasteiger partial charge is 0.341 e. The minimum absolute atomic E-state index is 0.0788. The first-order valence-electron chi connectivity index (χ1n) is 4.94. The van der Waals surface area contributed by atoms with Crippen LogP contribution in [-0.4, -0.2) is 34.8 Å². The first-order chi connectivity index (χ1) is 6.88. The van der Waals surface area contributed by atoms with Crippen LogP contribution in [0.2, 0.25) is 0 Å². The Bertz CT molecular complexity index is 328. The standard InChI is InChI=1S/C11H16N2O2/c1-5-6-8(2)13-7-9(14)12-11(3,4)10(13)15/h1,8H,6-7H2,2-4H3,(H,12,14). The molecule has 0 aromatic heterocycles. The van der Waals surface area contributed by atoms with E-state index in [0.717, 1.165) is 0 Å². The summed E-state index contributed by atoms with van der Waals surface area (Å²) in [6.45, 7) is 5.35. The monoisotopic (exact) mass is 208 g/mol. The summed E-state index contributed by atoms with van der Waals surface area (Å²) in [5.41, 5.74) is -0.821. The van der Waals surface area contributed by atoms with Crippen LogP contribution in [0, 0.1) is 12.3 Å². The molecule has 0 bridgehead atoms. The topological polar surface area (TPSA) is 49.4 Å². The number of piperazine rings is 1. The Morgan fingerprint density at radius 2 is 2.20 bits per heavy atom. The van der Waals surface area contributed by atoms with Crippen molar-refractivity contribution in [2.45, 2.75) is 38.8 Å². The summed E-state index contributed by atoms with van der Waals surface area (Å²) < 4.78 is 0. The molecule has 2 amide bonds. The number of hydrogen-bond acceptors (Lipinski definition) is 2. The van der Waals surface area contributed by atoms with Crippen molar-refractivity contribution in [2.24, 2.45) is 0 Å². The van der Waals surface area contributed by atoms with Crippen LogP contribution in [0.4, 0.5) is 0 Å². The fourth-order valence-electron chi connectivity index (χ4n) is 1.66. The molecule has 1 unspecified atom stereocenters. The summed E-state index contributed by atoms with van der Waals surface area (Å²) in [6.07, 6.45) is 5.66. The summed E-state index contributed by atoms with van der Waals surface area (Å²) in [4.78, 5) is 24.9. The Morgan fingerprint density at radius 3 is 2.73 bits per heavy atom. The van der Waals surface area contributed by atoms with Crippen LogP contribution >= 0.6 is 0 Å². The van der Waals surface area contributed by atoms with E-state index in [-0.39, 0.29) is 24.4 Å². The predicted octanol–water partition coefficient (Wildman–Crippen LogP) is 0.135. The van der Waals surface area contributed by atoms with Crippen molar-refractivity contribution < 1.29 is 9.59 Å². The predicted molar refractivity (Wildman–Crippen MR) is 56.8 cm³/mol. The third kappa shape index (κ3) is 2.30. The van der Waals surface area contributed by atoms with Gasteiger partial charge in [0.15, 0.2) is 0 Å². The molecule has 0 radical (unpaired) electrons. The lowest BCUT2D eigenvalue weighted by molar-refractivity contribution is -0.150. The summed E-state index contributed by atoms with van der Waals surface area (Å²) in [5.74, 6) is 2.29. The average molecular weight is 208 g/mol. The molecule has 1 saturated heterocycles. The molecule has 1 heterocycles. The highest BCUT2D eigenvalue weighted by Gasteiger charge is 2.40. The maximum absolute atomic E-state index is 12.0. The zero-order chi connectivity index (χ0) is 11.6. The second-order valence-corrected chi connectivity index (χ2v) is 4.36. The molecule has 1 atom stereocenters. The fraction of sp³-hybridized carbons (Fsp3) is 0.636. The van der Waals surface area contributed by atoms with Crippen LogP contribution in [0.1, 0.15) is 27.2 Å². The molecular formula is C11H16N2O2. The third-order valence-electron chi connectivity index (χ3n) is 2.51. The smallest absolute Gasteiger partial charge is 0.248 e. The SMILES string of the molecule is C#CCC(C)N1CC(=O)NC(C)(C)C1=O. The van der Waals surface area contributed by atoms with Gasteiger partial charge in [0.1, 0.15) is 5.54 Å². The van der Waals surface area contributed by atoms with Gasteiger partial charge in [0.25, 0.3) is 0 Å². The van der Waals surface area contributed by atoms with Crippen LogP contribution < -0.4 is 5.32 Å². The Kier molecular flexibility index (Phi) is 3.04. The van der Waals surface area contributed by atoms with Gasteiger partial charge in [-0.2, -0.15) is 0 Å². The van der Waals surface area contributed by atoms with Crippen molar-refractivity contribution in [3.8, 4) is 12.3 Å². The van der Waals surface area contributed by atoms with E-state index in [0.29, 0.717) is 6.42 Å². The molecule has 1 aliphatic heterocycles. The van der Waals surface area contributed by atoms with E-state index in [4.69, 9.17) is 6.42 Å². The van der Waals surface area contributed by atoms with Gasteiger partial charge in [-0.15, -0.1) is 12.3 Å². The maximum Gasteiger partial charge on any atom is 0.248 e. The summed E-state index contributed by atoms with van der Waals surface area (Å²) in [6, 6.07) is -0.0900. The normalized spacial score (nSPS) is 21.9. The second-order valence-electron chi connectivity index (χ2n) is 4.36. The number of terminal acetylenes is 1. The van der Waals surface area contributed by atoms with Crippen LogP contribution in [-0.2, 0) is 9.59 Å². The van der Waals surface area contributed by atoms with Crippen molar-refractivity contribution in [1.82, 2.24) is 10.2 Å². The van der Waals surface area contributed by atoms with Gasteiger partial charge in [0.05, 0.1) is 6.54 Å². The van der Waals surface area contributed by atoms with Crippen LogP contribution in [0.3, 0.4) is 0 Å². The van der Waals surface area contributed by atoms with Gasteiger partial charge in [0.2, 0.25) is 11.8 Å². The van der Waals surface area contributed by atoms with E-state index in [1.54, 1.807) is 18.7 Å². The quantitative estimate of drug-likeness (QED) is 0.656. The van der Waals surface area contributed by atoms with Crippen molar-refractivity contribution in [2.75, 3.05) is 6.54 Å². The molecular weight excluding hydrogens is 192 g/mol. The molecule has 0 spiro atoms. The number of hydrogen-bond donors (Lipinski definition) is 1. The van der Waals surface area contributed by atoms with E-state index >= 15 is 0 Å². The van der Waals surface area contributed by atoms with Crippen molar-refractivity contribution >= 4 is 11.8 Å². The number of nitrogens with zero attached hydrogens (tertiary/aromatic N) is 1. The zero-order valence-electron chi connectivity index (χ0n) is 9.33. The number of carbonyl (C=O) groups excluding carboxylic acids is 2.